The van der Waals surface area contributed by atoms with E-state index < -0.39 is 5.91 Å². The van der Waals surface area contributed by atoms with Gasteiger partial charge in [0.25, 0.3) is 11.8 Å². The predicted molar refractivity (Wildman–Crippen MR) is 122 cm³/mol. The number of aryl methyl sites for hydroxylation is 1. The Balaban J connectivity index is 1.57. The lowest BCUT2D eigenvalue weighted by atomic mass is 10.0. The highest BCUT2D eigenvalue weighted by atomic mass is 16.2. The molecule has 0 fully saturated rings. The number of nitrogens with two attached hydrogens (primary N) is 2. The molecule has 4 aromatic rings. The van der Waals surface area contributed by atoms with Crippen LogP contribution in [-0.2, 0) is 6.54 Å². The van der Waals surface area contributed by atoms with Gasteiger partial charge in [-0.15, -0.1) is 0 Å². The SMILES string of the molecule is Cc1ccccc1C(=O)NCc1ccc(-c2nn(-c3cccnc3)c(N)c2C(N)=O)cc1. The van der Waals surface area contributed by atoms with Gasteiger partial charge in [0.05, 0.1) is 11.9 Å². The molecule has 32 heavy (non-hydrogen) atoms. The summed E-state index contributed by atoms with van der Waals surface area (Å²) in [5.74, 6) is -0.650. The number of nitrogens with one attached hydrogen (secondary N) is 1. The minimum Gasteiger partial charge on any atom is -0.383 e. The van der Waals surface area contributed by atoms with E-state index in [1.165, 1.54) is 4.68 Å². The summed E-state index contributed by atoms with van der Waals surface area (Å²) in [4.78, 5) is 28.6. The molecule has 0 atom stereocenters. The van der Waals surface area contributed by atoms with Crippen LogP contribution in [0.25, 0.3) is 16.9 Å². The predicted octanol–water partition coefficient (Wildman–Crippen LogP) is 2.85. The molecule has 2 heterocycles. The van der Waals surface area contributed by atoms with Gasteiger partial charge < -0.3 is 16.8 Å². The summed E-state index contributed by atoms with van der Waals surface area (Å²) in [5.41, 5.74) is 16.1. The number of hydrogen-bond donors (Lipinski definition) is 3. The van der Waals surface area contributed by atoms with Gasteiger partial charge in [-0.3, -0.25) is 14.6 Å². The Morgan fingerprint density at radius 2 is 1.78 bits per heavy atom. The maximum atomic E-state index is 12.4. The van der Waals surface area contributed by atoms with Crippen molar-refractivity contribution in [3.05, 3.63) is 95.3 Å². The Morgan fingerprint density at radius 3 is 2.44 bits per heavy atom. The summed E-state index contributed by atoms with van der Waals surface area (Å²) in [6.45, 7) is 2.26. The highest BCUT2D eigenvalue weighted by molar-refractivity contribution is 6.03. The Morgan fingerprint density at radius 1 is 1.03 bits per heavy atom. The summed E-state index contributed by atoms with van der Waals surface area (Å²) in [7, 11) is 0. The van der Waals surface area contributed by atoms with Gasteiger partial charge >= 0.3 is 0 Å². The summed E-state index contributed by atoms with van der Waals surface area (Å²) in [5, 5.41) is 7.43. The molecule has 4 rings (SSSR count). The van der Waals surface area contributed by atoms with Crippen molar-refractivity contribution in [1.29, 1.82) is 0 Å². The first-order chi connectivity index (χ1) is 15.5. The standard InChI is InChI=1S/C24H22N6O2/c1-15-5-2-3-7-19(15)24(32)28-13-16-8-10-17(11-9-16)21-20(23(26)31)22(25)30(29-21)18-6-4-12-27-14-18/h2-12,14H,13,25H2,1H3,(H2,26,31)(H,28,32). The molecular weight excluding hydrogens is 404 g/mol. The van der Waals surface area contributed by atoms with Crippen LogP contribution in [0, 0.1) is 6.92 Å². The zero-order chi connectivity index (χ0) is 22.7. The molecule has 0 saturated heterocycles. The van der Waals surface area contributed by atoms with Crippen molar-refractivity contribution >= 4 is 17.6 Å². The third-order valence-electron chi connectivity index (χ3n) is 5.13. The second-order valence-electron chi connectivity index (χ2n) is 7.29. The number of hydrogen-bond acceptors (Lipinski definition) is 5. The summed E-state index contributed by atoms with van der Waals surface area (Å²) >= 11 is 0. The van der Waals surface area contributed by atoms with E-state index in [1.807, 2.05) is 49.4 Å². The lowest BCUT2D eigenvalue weighted by molar-refractivity contribution is 0.0949. The number of nitrogen functional groups attached to an aromatic ring is 1. The second-order valence-corrected chi connectivity index (χ2v) is 7.29. The smallest absolute Gasteiger partial charge is 0.254 e. The van der Waals surface area contributed by atoms with Gasteiger partial charge in [-0.1, -0.05) is 42.5 Å². The average Bonchev–Trinajstić information content (AvgIpc) is 3.16. The van der Waals surface area contributed by atoms with Crippen molar-refractivity contribution in [2.75, 3.05) is 5.73 Å². The summed E-state index contributed by atoms with van der Waals surface area (Å²) < 4.78 is 1.44. The maximum Gasteiger partial charge on any atom is 0.254 e. The Bertz CT molecular complexity index is 1280. The van der Waals surface area contributed by atoms with Crippen LogP contribution in [-0.4, -0.2) is 26.6 Å². The number of rotatable bonds is 6. The Labute approximate surface area is 184 Å². The number of nitrogens with zero attached hydrogens (tertiary/aromatic N) is 3. The maximum absolute atomic E-state index is 12.4. The zero-order valence-corrected chi connectivity index (χ0v) is 17.4. The quantitative estimate of drug-likeness (QED) is 0.437. The fraction of sp³-hybridized carbons (Fsp3) is 0.0833. The molecule has 0 aliphatic heterocycles. The minimum atomic E-state index is -0.665. The molecule has 0 bridgehead atoms. The fourth-order valence-electron chi connectivity index (χ4n) is 3.44. The first-order valence-electron chi connectivity index (χ1n) is 9.97. The molecule has 2 aromatic carbocycles. The summed E-state index contributed by atoms with van der Waals surface area (Å²) in [6, 6.07) is 18.3. The van der Waals surface area contributed by atoms with E-state index in [0.717, 1.165) is 11.1 Å². The van der Waals surface area contributed by atoms with Crippen LogP contribution in [0.4, 0.5) is 5.82 Å². The molecule has 5 N–H and O–H groups in total. The van der Waals surface area contributed by atoms with Crippen molar-refractivity contribution in [2.24, 2.45) is 5.73 Å². The third-order valence-corrected chi connectivity index (χ3v) is 5.13. The van der Waals surface area contributed by atoms with E-state index in [1.54, 1.807) is 30.6 Å². The van der Waals surface area contributed by atoms with Crippen LogP contribution < -0.4 is 16.8 Å². The van der Waals surface area contributed by atoms with Crippen LogP contribution in [0.5, 0.6) is 0 Å². The van der Waals surface area contributed by atoms with Crippen molar-refractivity contribution in [3.8, 4) is 16.9 Å². The molecule has 160 valence electrons. The van der Waals surface area contributed by atoms with E-state index in [-0.39, 0.29) is 17.3 Å². The van der Waals surface area contributed by atoms with E-state index in [4.69, 9.17) is 11.5 Å². The van der Waals surface area contributed by atoms with Gasteiger partial charge in [-0.2, -0.15) is 5.10 Å². The van der Waals surface area contributed by atoms with Crippen LogP contribution in [0.15, 0.2) is 73.1 Å². The lowest BCUT2D eigenvalue weighted by Crippen LogP contribution is -2.23. The second kappa shape index (κ2) is 8.73. The Hall–Kier alpha value is -4.46. The fourth-order valence-corrected chi connectivity index (χ4v) is 3.44. The molecule has 0 aliphatic carbocycles. The normalized spacial score (nSPS) is 10.7. The first-order valence-corrected chi connectivity index (χ1v) is 9.97. The van der Waals surface area contributed by atoms with Gasteiger partial charge in [0.15, 0.2) is 0 Å². The number of carbonyl (C=O) groups excluding carboxylic acids is 2. The molecular formula is C24H22N6O2. The Kier molecular flexibility index (Phi) is 5.67. The van der Waals surface area contributed by atoms with Gasteiger partial charge in [0, 0.05) is 23.9 Å². The first kappa shape index (κ1) is 20.8. The average molecular weight is 426 g/mol. The number of pyridine rings is 1. The number of anilines is 1. The van der Waals surface area contributed by atoms with Gasteiger partial charge in [-0.25, -0.2) is 4.68 Å². The molecule has 8 nitrogen and oxygen atoms in total. The highest BCUT2D eigenvalue weighted by Crippen LogP contribution is 2.29. The summed E-state index contributed by atoms with van der Waals surface area (Å²) in [6.07, 6.45) is 3.23. The molecule has 0 aliphatic rings. The van der Waals surface area contributed by atoms with E-state index in [9.17, 15) is 9.59 Å². The number of primary amides is 1. The molecule has 0 saturated carbocycles. The van der Waals surface area contributed by atoms with E-state index >= 15 is 0 Å². The van der Waals surface area contributed by atoms with Crippen LogP contribution in [0.1, 0.15) is 31.8 Å². The number of carbonyl (C=O) groups is 2. The molecule has 2 amide bonds. The molecule has 0 unspecified atom stereocenters. The van der Waals surface area contributed by atoms with Crippen molar-refractivity contribution < 1.29 is 9.59 Å². The monoisotopic (exact) mass is 426 g/mol. The number of benzene rings is 2. The van der Waals surface area contributed by atoms with Gasteiger partial charge in [0.1, 0.15) is 17.1 Å². The van der Waals surface area contributed by atoms with Crippen LogP contribution in [0.3, 0.4) is 0 Å². The van der Waals surface area contributed by atoms with Gasteiger partial charge in [-0.05, 0) is 36.2 Å². The number of aromatic nitrogens is 3. The van der Waals surface area contributed by atoms with E-state index in [0.29, 0.717) is 29.1 Å². The largest absolute Gasteiger partial charge is 0.383 e. The topological polar surface area (TPSA) is 129 Å². The van der Waals surface area contributed by atoms with Crippen LogP contribution >= 0.6 is 0 Å². The highest BCUT2D eigenvalue weighted by Gasteiger charge is 2.22. The molecule has 0 radical (unpaired) electrons. The number of amides is 2. The van der Waals surface area contributed by atoms with Crippen molar-refractivity contribution in [3.63, 3.8) is 0 Å². The van der Waals surface area contributed by atoms with Gasteiger partial charge in [0.2, 0.25) is 0 Å². The van der Waals surface area contributed by atoms with Crippen molar-refractivity contribution in [2.45, 2.75) is 13.5 Å². The third kappa shape index (κ3) is 4.06. The van der Waals surface area contributed by atoms with Crippen LogP contribution in [0.2, 0.25) is 0 Å². The molecule has 0 spiro atoms. The van der Waals surface area contributed by atoms with E-state index in [2.05, 4.69) is 15.4 Å². The zero-order valence-electron chi connectivity index (χ0n) is 17.4. The lowest BCUT2D eigenvalue weighted by Gasteiger charge is -2.08. The molecule has 2 aromatic heterocycles. The molecule has 8 heteroatoms. The van der Waals surface area contributed by atoms with Crippen molar-refractivity contribution in [1.82, 2.24) is 20.1 Å². The minimum absolute atomic E-state index is 0.133.